The number of nitrogens with zero attached hydrogens (tertiary/aromatic N) is 4. The molecule has 7 nitrogen and oxygen atoms in total. The minimum absolute atomic E-state index is 0. The van der Waals surface area contributed by atoms with E-state index in [0.717, 1.165) is 33.6 Å². The molecule has 1 unspecified atom stereocenters. The number of carbonyl (C=O) groups excluding carboxylic acids is 1. The van der Waals surface area contributed by atoms with Crippen molar-refractivity contribution in [1.82, 2.24) is 20.2 Å². The van der Waals surface area contributed by atoms with Gasteiger partial charge in [0.1, 0.15) is 0 Å². The molecule has 1 atom stereocenters. The molecule has 4 aromatic rings. The van der Waals surface area contributed by atoms with Gasteiger partial charge in [0.15, 0.2) is 0 Å². The number of aromatic nitrogens is 4. The summed E-state index contributed by atoms with van der Waals surface area (Å²) >= 11 is 5.21. The number of aromatic amines is 1. The molecule has 33 heavy (non-hydrogen) atoms. The first-order valence-corrected chi connectivity index (χ1v) is 10.8. The van der Waals surface area contributed by atoms with Gasteiger partial charge in [-0.15, -0.1) is 0 Å². The SMILES string of the molecule is O=C([O-])C1CCc2cc(-c3cccc(-n4[nH]nnc4=S)c3)ccc2N1Cc1ccccc1.[Na+]. The normalized spacial score (nSPS) is 14.9. The Kier molecular flexibility index (Phi) is 7.09. The zero-order valence-electron chi connectivity index (χ0n) is 18.1. The molecule has 5 rings (SSSR count). The number of rotatable bonds is 5. The van der Waals surface area contributed by atoms with Crippen LogP contribution in [0, 0.1) is 4.77 Å². The summed E-state index contributed by atoms with van der Waals surface area (Å²) in [5.74, 6) is -1.03. The summed E-state index contributed by atoms with van der Waals surface area (Å²) in [7, 11) is 0. The van der Waals surface area contributed by atoms with Gasteiger partial charge in [-0.2, -0.15) is 5.21 Å². The van der Waals surface area contributed by atoms with Crippen molar-refractivity contribution in [2.45, 2.75) is 25.4 Å². The van der Waals surface area contributed by atoms with Gasteiger partial charge in [0.25, 0.3) is 0 Å². The monoisotopic (exact) mass is 465 g/mol. The average molecular weight is 466 g/mol. The molecule has 0 bridgehead atoms. The summed E-state index contributed by atoms with van der Waals surface area (Å²) in [4.78, 5) is 13.8. The van der Waals surface area contributed by atoms with E-state index < -0.39 is 12.0 Å². The summed E-state index contributed by atoms with van der Waals surface area (Å²) in [6, 6.07) is 23.4. The molecule has 1 N–H and O–H groups in total. The second kappa shape index (κ2) is 10.0. The quantitative estimate of drug-likeness (QED) is 0.331. The Morgan fingerprint density at radius 2 is 1.85 bits per heavy atom. The zero-order chi connectivity index (χ0) is 22.1. The van der Waals surface area contributed by atoms with Crippen molar-refractivity contribution >= 4 is 23.9 Å². The van der Waals surface area contributed by atoms with Gasteiger partial charge in [-0.1, -0.05) is 58.8 Å². The summed E-state index contributed by atoms with van der Waals surface area (Å²) < 4.78 is 2.00. The summed E-state index contributed by atoms with van der Waals surface area (Å²) in [5.41, 5.74) is 6.05. The number of aryl methyl sites for hydroxylation is 1. The van der Waals surface area contributed by atoms with Gasteiger partial charge in [0, 0.05) is 12.2 Å². The number of hydrogen-bond acceptors (Lipinski definition) is 6. The fraction of sp³-hybridized carbons (Fsp3) is 0.167. The number of fused-ring (bicyclic) bond motifs is 1. The molecule has 3 aromatic carbocycles. The molecule has 0 radical (unpaired) electrons. The average Bonchev–Trinajstić information content (AvgIpc) is 3.25. The van der Waals surface area contributed by atoms with Crippen molar-refractivity contribution in [2.75, 3.05) is 4.90 Å². The molecule has 0 spiro atoms. The van der Waals surface area contributed by atoms with Crippen LogP contribution in [0.25, 0.3) is 16.8 Å². The molecule has 0 aliphatic carbocycles. The van der Waals surface area contributed by atoms with E-state index in [4.69, 9.17) is 12.2 Å². The molecule has 0 amide bonds. The van der Waals surface area contributed by atoms with E-state index >= 15 is 0 Å². The molecule has 160 valence electrons. The number of aliphatic carboxylic acids is 1. The second-order valence-corrected chi connectivity index (χ2v) is 8.16. The number of nitrogens with one attached hydrogen (secondary N) is 1. The predicted molar refractivity (Wildman–Crippen MR) is 122 cm³/mol. The zero-order valence-corrected chi connectivity index (χ0v) is 21.0. The second-order valence-electron chi connectivity index (χ2n) is 7.80. The van der Waals surface area contributed by atoms with Crippen LogP contribution in [0.15, 0.2) is 72.8 Å². The fourth-order valence-electron chi connectivity index (χ4n) is 4.27. The molecule has 1 aromatic heterocycles. The minimum atomic E-state index is -1.03. The number of carbonyl (C=O) groups is 1. The Labute approximate surface area is 218 Å². The van der Waals surface area contributed by atoms with Crippen molar-refractivity contribution in [3.63, 3.8) is 0 Å². The van der Waals surface area contributed by atoms with Crippen molar-refractivity contribution in [2.24, 2.45) is 0 Å². The van der Waals surface area contributed by atoms with E-state index in [1.165, 1.54) is 0 Å². The van der Waals surface area contributed by atoms with Crippen LogP contribution in [0.1, 0.15) is 17.5 Å². The van der Waals surface area contributed by atoms with Gasteiger partial charge in [0.05, 0.1) is 17.7 Å². The van der Waals surface area contributed by atoms with E-state index in [1.54, 1.807) is 4.68 Å². The first kappa shape index (κ1) is 23.4. The van der Waals surface area contributed by atoms with Gasteiger partial charge in [-0.05, 0) is 71.6 Å². The third-order valence-electron chi connectivity index (χ3n) is 5.83. The standard InChI is InChI=1S/C24H21N5O2S.Na/c30-23(31)22-12-10-19-13-18(9-11-21(19)28(22)15-16-5-2-1-3-6-16)17-7-4-8-20(14-17)29-24(32)25-26-27-29;/h1-9,11,13-14,22H,10,12,15H2,(H,30,31)(H,25,27,32);/q;+1/p-1. The predicted octanol–water partition coefficient (Wildman–Crippen LogP) is 0.0672. The number of anilines is 1. The maximum absolute atomic E-state index is 11.9. The molecule has 0 saturated carbocycles. The number of tetrazole rings is 1. The molecule has 1 aliphatic rings. The van der Waals surface area contributed by atoms with E-state index in [2.05, 4.69) is 21.6 Å². The van der Waals surface area contributed by atoms with Gasteiger partial charge in [-0.3, -0.25) is 0 Å². The molecule has 0 saturated heterocycles. The van der Waals surface area contributed by atoms with E-state index in [-0.39, 0.29) is 29.6 Å². The fourth-order valence-corrected chi connectivity index (χ4v) is 4.46. The summed E-state index contributed by atoms with van der Waals surface area (Å²) in [6.45, 7) is 0.520. The van der Waals surface area contributed by atoms with Crippen molar-refractivity contribution in [3.8, 4) is 16.8 Å². The Morgan fingerprint density at radius 3 is 2.58 bits per heavy atom. The minimum Gasteiger partial charge on any atom is -0.548 e. The Bertz CT molecular complexity index is 1340. The molecule has 2 heterocycles. The maximum Gasteiger partial charge on any atom is 1.00 e. The number of H-pyrrole nitrogens is 1. The van der Waals surface area contributed by atoms with E-state index in [1.807, 2.05) is 71.6 Å². The summed E-state index contributed by atoms with van der Waals surface area (Å²) in [5, 5.41) is 22.2. The molecular formula is C24H20N5NaO2S. The maximum atomic E-state index is 11.9. The van der Waals surface area contributed by atoms with Gasteiger partial charge in [-0.25, -0.2) is 4.68 Å². The molecule has 9 heteroatoms. The van der Waals surface area contributed by atoms with Crippen LogP contribution in [-0.4, -0.2) is 32.2 Å². The largest absolute Gasteiger partial charge is 1.00 e. The van der Waals surface area contributed by atoms with E-state index in [9.17, 15) is 9.90 Å². The summed E-state index contributed by atoms with van der Waals surface area (Å²) in [6.07, 6.45) is 1.20. The Hall–Kier alpha value is -2.78. The topological polar surface area (TPSA) is 89.9 Å². The van der Waals surface area contributed by atoms with Crippen molar-refractivity contribution in [1.29, 1.82) is 0 Å². The molecule has 0 fully saturated rings. The van der Waals surface area contributed by atoms with E-state index in [0.29, 0.717) is 24.2 Å². The number of carboxylic acid groups (broad SMARTS) is 1. The number of carboxylic acids is 1. The van der Waals surface area contributed by atoms with Gasteiger partial charge >= 0.3 is 29.6 Å². The van der Waals surface area contributed by atoms with Crippen LogP contribution in [-0.2, 0) is 17.8 Å². The Balaban J connectivity index is 0.00000259. The van der Waals surface area contributed by atoms with Crippen molar-refractivity contribution in [3.05, 3.63) is 88.7 Å². The third-order valence-corrected chi connectivity index (χ3v) is 6.09. The van der Waals surface area contributed by atoms with Gasteiger partial charge < -0.3 is 14.8 Å². The smallest absolute Gasteiger partial charge is 0.548 e. The van der Waals surface area contributed by atoms with Crippen LogP contribution in [0.3, 0.4) is 0 Å². The van der Waals surface area contributed by atoms with Crippen LogP contribution >= 0.6 is 12.2 Å². The van der Waals surface area contributed by atoms with Crippen LogP contribution in [0.2, 0.25) is 0 Å². The van der Waals surface area contributed by atoms with Crippen LogP contribution in [0.4, 0.5) is 5.69 Å². The van der Waals surface area contributed by atoms with Crippen LogP contribution < -0.4 is 39.6 Å². The van der Waals surface area contributed by atoms with Crippen LogP contribution in [0.5, 0.6) is 0 Å². The number of benzene rings is 3. The van der Waals surface area contributed by atoms with Crippen molar-refractivity contribution < 1.29 is 39.5 Å². The van der Waals surface area contributed by atoms with Gasteiger partial charge in [0.2, 0.25) is 4.77 Å². The third kappa shape index (κ3) is 4.79. The number of hydrogen-bond donors (Lipinski definition) is 1. The Morgan fingerprint density at radius 1 is 1.06 bits per heavy atom. The molecular weight excluding hydrogens is 445 g/mol. The first-order valence-electron chi connectivity index (χ1n) is 10.4. The molecule has 1 aliphatic heterocycles. The first-order chi connectivity index (χ1) is 15.6.